The van der Waals surface area contributed by atoms with Crippen LogP contribution >= 0.6 is 8.58 Å². The number of hydrogen-bond acceptors (Lipinski definition) is 30. The zero-order valence-corrected chi connectivity index (χ0v) is 72.3. The molecule has 0 bridgehead atoms. The van der Waals surface area contributed by atoms with Crippen LogP contribution in [-0.4, -0.2) is 300 Å². The molecule has 0 radical (unpaired) electrons. The monoisotopic (exact) mass is 1710 g/mol. The molecule has 12 fully saturated rings. The molecule has 2 N–H and O–H groups in total. The van der Waals surface area contributed by atoms with Gasteiger partial charge in [-0.05, 0) is 167 Å². The summed E-state index contributed by atoms with van der Waals surface area (Å²) in [6, 6.07) is -2.04. The standard InChI is InChI=1S/C22H39NO8Si.C16H25NO8.C16H23NO8.C16H29NO6Si.C2H7P.6CH4/c1-19(2,3)29-15(24)11-23-14-12-26-22(13-27-21(7,8)31-22)17(16(14)28-18(23)25)30-32(9,10)20(4,5)6;2*1-14(2,3)24-10(18)6-17-9-7-21-16(8-22-15(4,5)25-16)12(19)11(9)23-13(17)20;1-14(2,3)24(6,7)22-12-11-10(17-13(18)21-11)8-19-16(12)9-20-15(4,5)23-16;1-3-2;;;;;;/h14,16-17H,11-13H2,1-10H3;9,11-12,19H,6-8H2,1-5H3;9,11H,6-8H2,1-5H3;10-12H,8-9H2,1-7H3,(H,17,18);3H,1-2H3;6*1H4/t14-,16?,17+,22+;9-,11?,12+,16+;9-,11?,16+;10-,11?,12+,16+;;;;;;;/m1111......./s1. The van der Waals surface area contributed by atoms with E-state index in [1.165, 1.54) is 9.80 Å². The fraction of sp³-hybridized carbons (Fsp3) is 0.897. The highest BCUT2D eigenvalue weighted by Crippen LogP contribution is 2.50. The van der Waals surface area contributed by atoms with E-state index in [1.54, 1.807) is 90.0 Å². The van der Waals surface area contributed by atoms with E-state index in [-0.39, 0.29) is 127 Å². The quantitative estimate of drug-likeness (QED) is 0.0888. The van der Waals surface area contributed by atoms with Gasteiger partial charge in [-0.1, -0.05) is 86.1 Å². The van der Waals surface area contributed by atoms with Crippen molar-refractivity contribution in [2.75, 3.05) is 85.8 Å². The van der Waals surface area contributed by atoms with E-state index in [0.717, 1.165) is 13.5 Å². The third kappa shape index (κ3) is 24.6. The first kappa shape index (κ1) is 106. The third-order valence-electron chi connectivity index (χ3n) is 20.3. The highest BCUT2D eigenvalue weighted by molar-refractivity contribution is 7.35. The number of carbonyl (C=O) groups is 8. The number of esters is 3. The minimum atomic E-state index is -2.32. The number of alkyl carbamates (subject to hydrolysis) is 1. The second kappa shape index (κ2) is 37.4. The summed E-state index contributed by atoms with van der Waals surface area (Å²) in [6.07, 6.45) is -7.99. The van der Waals surface area contributed by atoms with Gasteiger partial charge >= 0.3 is 42.3 Å². The van der Waals surface area contributed by atoms with Crippen molar-refractivity contribution in [1.82, 2.24) is 20.0 Å². The van der Waals surface area contributed by atoms with Gasteiger partial charge in [0.15, 0.2) is 64.2 Å². The molecule has 672 valence electrons. The number of Topliss-reactive ketones (excluding diaryl/α,β-unsaturated/α-hetero) is 1. The molecular formula is C78H147N4O30PSi2. The van der Waals surface area contributed by atoms with E-state index in [4.69, 9.17) is 98.9 Å². The fourth-order valence-electron chi connectivity index (χ4n) is 13.3. The summed E-state index contributed by atoms with van der Waals surface area (Å²) < 4.78 is 121. The highest BCUT2D eigenvalue weighted by Gasteiger charge is 2.69. The summed E-state index contributed by atoms with van der Waals surface area (Å²) in [5.74, 6) is -10.9. The van der Waals surface area contributed by atoms with Crippen LogP contribution in [0.3, 0.4) is 0 Å². The topological polar surface area (TPSA) is 372 Å². The van der Waals surface area contributed by atoms with Crippen molar-refractivity contribution >= 4 is 73.3 Å². The van der Waals surface area contributed by atoms with Crippen LogP contribution in [0.25, 0.3) is 0 Å². The van der Waals surface area contributed by atoms with E-state index >= 15 is 0 Å². The van der Waals surface area contributed by atoms with Gasteiger partial charge in [-0.2, -0.15) is 0 Å². The zero-order valence-electron chi connectivity index (χ0n) is 69.3. The summed E-state index contributed by atoms with van der Waals surface area (Å²) in [4.78, 5) is 102. The smallest absolute Gasteiger partial charge is 0.411 e. The summed E-state index contributed by atoms with van der Waals surface area (Å²) in [5.41, 5.74) is -1.99. The van der Waals surface area contributed by atoms with Crippen LogP contribution in [0.1, 0.15) is 204 Å². The minimum absolute atomic E-state index is 0. The van der Waals surface area contributed by atoms with Crippen molar-refractivity contribution in [2.24, 2.45) is 0 Å². The summed E-state index contributed by atoms with van der Waals surface area (Å²) in [5, 5.41) is 13.4. The van der Waals surface area contributed by atoms with Gasteiger partial charge in [0.2, 0.25) is 23.1 Å². The molecule has 12 aliphatic heterocycles. The fourth-order valence-corrected chi connectivity index (χ4v) is 15.9. The number of rotatable bonds is 10. The summed E-state index contributed by atoms with van der Waals surface area (Å²) in [7, 11) is -3.38. The molecule has 115 heavy (non-hydrogen) atoms. The minimum Gasteiger partial charge on any atom is -0.459 e. The lowest BCUT2D eigenvalue weighted by Crippen LogP contribution is -2.67. The first-order chi connectivity index (χ1) is 49.5. The molecule has 4 unspecified atom stereocenters. The second-order valence-corrected chi connectivity index (χ2v) is 47.5. The van der Waals surface area contributed by atoms with Gasteiger partial charge in [-0.25, -0.2) is 19.2 Å². The van der Waals surface area contributed by atoms with Gasteiger partial charge in [0.25, 0.3) is 5.79 Å². The Balaban J connectivity index is 0.000000508. The van der Waals surface area contributed by atoms with E-state index < -0.39 is 189 Å². The number of carbonyl (C=O) groups excluding carboxylic acids is 8. The van der Waals surface area contributed by atoms with E-state index in [1.807, 2.05) is 27.7 Å². The Labute approximate surface area is 688 Å². The Morgan fingerprint density at radius 1 is 0.443 bits per heavy atom. The molecule has 12 saturated heterocycles. The van der Waals surface area contributed by atoms with E-state index in [0.29, 0.717) is 6.61 Å². The number of nitrogens with one attached hydrogen (secondary N) is 1. The Hall–Kier alpha value is -4.58. The van der Waals surface area contributed by atoms with Crippen LogP contribution < -0.4 is 5.32 Å². The second-order valence-electron chi connectivity index (χ2n) is 37.0. The van der Waals surface area contributed by atoms with Crippen LogP contribution in [0.15, 0.2) is 0 Å². The molecule has 4 amide bonds. The lowest BCUT2D eigenvalue weighted by atomic mass is 9.95. The normalized spacial score (nSPS) is 32.9. The number of nitrogens with zero attached hydrogens (tertiary/aromatic N) is 3. The van der Waals surface area contributed by atoms with Gasteiger partial charge in [-0.3, -0.25) is 33.9 Å². The maximum atomic E-state index is 12.8. The molecule has 0 aromatic heterocycles. The van der Waals surface area contributed by atoms with E-state index in [9.17, 15) is 43.5 Å². The molecule has 4 spiro atoms. The predicted octanol–water partition coefficient (Wildman–Crippen LogP) is 11.5. The molecule has 12 rings (SSSR count). The Kier molecular flexibility index (Phi) is 34.6. The SMILES string of the molecule is C.C.C.C.C.C.CC(C)(C)OC(=O)CN1C(=O)OC2C(=O)[C@@]3(COC(C)(C)O3)OC[C@H]21.CC(C)(C)OC(=O)CN1C(=O)OC2[C@H]1CO[C@]1(COC(C)(C)O1)[C@H]2O.CC(C)(C)OC(=O)CN1C(=O)OC2[C@H]1CO[C@]1(COC(C)(C)O1)[C@H]2O[Si](C)(C)C(C)(C)C.CC1(C)OC[C@]2(OC[C@H]3NC(=O)OC3[C@@H]2O[Si](C)(C)C(C)(C)C)O1.CPC. The van der Waals surface area contributed by atoms with Crippen molar-refractivity contribution in [2.45, 2.75) is 370 Å². The first-order valence-corrected chi connectivity index (χ1v) is 44.9. The Bertz CT molecular complexity index is 3350. The molecule has 0 aromatic carbocycles. The molecule has 12 aliphatic rings. The average Bonchev–Trinajstić information content (AvgIpc) is 1.62. The average molecular weight is 1710 g/mol. The molecule has 37 heteroatoms. The summed E-state index contributed by atoms with van der Waals surface area (Å²) in [6.45, 7) is 55.7. The van der Waals surface area contributed by atoms with Crippen LogP contribution in [0.4, 0.5) is 19.2 Å². The van der Waals surface area contributed by atoms with Crippen molar-refractivity contribution in [1.29, 1.82) is 0 Å². The van der Waals surface area contributed by atoms with Crippen molar-refractivity contribution in [3.8, 4) is 0 Å². The maximum absolute atomic E-state index is 12.8. The highest BCUT2D eigenvalue weighted by atomic mass is 31.1. The number of ether oxygens (including phenoxy) is 19. The Morgan fingerprint density at radius 2 is 0.765 bits per heavy atom. The molecule has 0 aromatic rings. The zero-order chi connectivity index (χ0) is 82.2. The lowest BCUT2D eigenvalue weighted by molar-refractivity contribution is -0.322. The van der Waals surface area contributed by atoms with Crippen LogP contribution in [0.5, 0.6) is 0 Å². The molecule has 0 aliphatic carbocycles. The van der Waals surface area contributed by atoms with Crippen LogP contribution in [0.2, 0.25) is 36.3 Å². The van der Waals surface area contributed by atoms with Gasteiger partial charge in [-0.15, -0.1) is 8.58 Å². The molecular weight excluding hydrogens is 1560 g/mol. The number of amides is 4. The van der Waals surface area contributed by atoms with Gasteiger partial charge in [0.1, 0.15) is 87.2 Å². The maximum Gasteiger partial charge on any atom is 0.411 e. The van der Waals surface area contributed by atoms with Crippen molar-refractivity contribution in [3.63, 3.8) is 0 Å². The number of aliphatic hydroxyl groups is 1. The Morgan fingerprint density at radius 3 is 1.13 bits per heavy atom. The van der Waals surface area contributed by atoms with Crippen molar-refractivity contribution < 1.29 is 142 Å². The number of aliphatic hydroxyl groups excluding tert-OH is 1. The third-order valence-corrected chi connectivity index (χ3v) is 29.2. The summed E-state index contributed by atoms with van der Waals surface area (Å²) >= 11 is 0. The van der Waals surface area contributed by atoms with Gasteiger partial charge in [0, 0.05) is 0 Å². The van der Waals surface area contributed by atoms with Crippen LogP contribution in [-0.2, 0) is 118 Å². The van der Waals surface area contributed by atoms with Gasteiger partial charge < -0.3 is 109 Å². The molecule has 34 nitrogen and oxygen atoms in total. The molecule has 15 atom stereocenters. The lowest BCUT2D eigenvalue weighted by Gasteiger charge is -2.49. The molecule has 0 saturated carbocycles. The first-order valence-electron chi connectivity index (χ1n) is 37.1. The van der Waals surface area contributed by atoms with Crippen molar-refractivity contribution in [3.05, 3.63) is 0 Å². The number of ketones is 1. The molecule has 12 heterocycles. The van der Waals surface area contributed by atoms with Crippen LogP contribution in [0, 0.1) is 0 Å². The predicted molar refractivity (Wildman–Crippen MR) is 432 cm³/mol. The largest absolute Gasteiger partial charge is 0.459 e. The number of hydrogen-bond donors (Lipinski definition) is 2. The van der Waals surface area contributed by atoms with Gasteiger partial charge in [0.05, 0.1) is 44.6 Å². The van der Waals surface area contributed by atoms with E-state index in [2.05, 4.69) is 86.4 Å². The number of fused-ring (bicyclic) bond motifs is 4.